The van der Waals surface area contributed by atoms with E-state index in [1.165, 1.54) is 11.3 Å². The Morgan fingerprint density at radius 2 is 2.29 bits per heavy atom. The lowest BCUT2D eigenvalue weighted by atomic mass is 10.2. The van der Waals surface area contributed by atoms with Gasteiger partial charge in [-0.15, -0.1) is 24.0 Å². The second-order valence-electron chi connectivity index (χ2n) is 2.89. The first-order valence-electron chi connectivity index (χ1n) is 4.02. The lowest BCUT2D eigenvalue weighted by Gasteiger charge is -2.01. The number of hydrogen-bond acceptors (Lipinski definition) is 3. The van der Waals surface area contributed by atoms with Crippen LogP contribution in [-0.4, -0.2) is 6.29 Å². The van der Waals surface area contributed by atoms with Crippen molar-refractivity contribution in [1.82, 2.24) is 0 Å². The predicted octanol–water partition coefficient (Wildman–Crippen LogP) is 3.90. The number of rotatable bonds is 2. The quantitative estimate of drug-likeness (QED) is 0.503. The van der Waals surface area contributed by atoms with Crippen LogP contribution in [0.2, 0.25) is 0 Å². The third-order valence-corrected chi connectivity index (χ3v) is 4.19. The number of alkyl halides is 1. The van der Waals surface area contributed by atoms with Crippen molar-refractivity contribution in [3.8, 4) is 0 Å². The molecule has 0 spiro atoms. The molecule has 0 aliphatic heterocycles. The summed E-state index contributed by atoms with van der Waals surface area (Å²) in [4.78, 5) is 12.3. The number of aldehydes is 1. The van der Waals surface area contributed by atoms with E-state index in [2.05, 4.69) is 28.6 Å². The van der Waals surface area contributed by atoms with Gasteiger partial charge in [0.05, 0.1) is 4.88 Å². The fourth-order valence-electron chi connectivity index (χ4n) is 1.33. The normalized spacial score (nSPS) is 10.7. The number of fused-ring (bicyclic) bond motifs is 1. The molecule has 1 aromatic heterocycles. The molecule has 0 aliphatic carbocycles. The van der Waals surface area contributed by atoms with Gasteiger partial charge in [0.25, 0.3) is 0 Å². The van der Waals surface area contributed by atoms with Crippen molar-refractivity contribution in [1.29, 1.82) is 0 Å². The van der Waals surface area contributed by atoms with E-state index in [-0.39, 0.29) is 0 Å². The lowest BCUT2D eigenvalue weighted by molar-refractivity contribution is 0.112. The van der Waals surface area contributed by atoms with Crippen molar-refractivity contribution in [3.05, 3.63) is 28.6 Å². The Morgan fingerprint density at radius 1 is 1.50 bits per heavy atom. The van der Waals surface area contributed by atoms with Gasteiger partial charge in [0, 0.05) is 20.3 Å². The molecule has 1 heterocycles. The van der Waals surface area contributed by atoms with Gasteiger partial charge in [-0.25, -0.2) is 0 Å². The predicted molar refractivity (Wildman–Crippen MR) is 67.1 cm³/mol. The van der Waals surface area contributed by atoms with Crippen molar-refractivity contribution in [2.24, 2.45) is 0 Å². The maximum absolute atomic E-state index is 10.6. The Bertz CT molecular complexity index is 490. The van der Waals surface area contributed by atoms with Crippen LogP contribution in [0.1, 0.15) is 15.2 Å². The van der Waals surface area contributed by atoms with Crippen LogP contribution in [0.4, 0.5) is 0 Å². The van der Waals surface area contributed by atoms with Crippen LogP contribution in [0.5, 0.6) is 0 Å². The van der Waals surface area contributed by atoms with Crippen LogP contribution in [0.15, 0.2) is 23.1 Å². The molecule has 0 amide bonds. The number of thiol groups is 1. The highest BCUT2D eigenvalue weighted by atomic mass is 79.9. The zero-order valence-electron chi connectivity index (χ0n) is 7.16. The third-order valence-electron chi connectivity index (χ3n) is 2.04. The van der Waals surface area contributed by atoms with Gasteiger partial charge in [0.1, 0.15) is 0 Å². The van der Waals surface area contributed by atoms with Gasteiger partial charge in [0.2, 0.25) is 0 Å². The Balaban J connectivity index is 2.74. The van der Waals surface area contributed by atoms with Crippen LogP contribution in [0.3, 0.4) is 0 Å². The minimum atomic E-state index is 0.752. The highest BCUT2D eigenvalue weighted by molar-refractivity contribution is 9.08. The van der Waals surface area contributed by atoms with Gasteiger partial charge in [-0.2, -0.15) is 0 Å². The van der Waals surface area contributed by atoms with Crippen LogP contribution in [0.25, 0.3) is 10.1 Å². The zero-order chi connectivity index (χ0) is 10.1. The zero-order valence-corrected chi connectivity index (χ0v) is 10.5. The molecule has 0 aliphatic rings. The first-order chi connectivity index (χ1) is 6.76. The number of benzene rings is 1. The molecule has 72 valence electrons. The summed E-state index contributed by atoms with van der Waals surface area (Å²) in [5.41, 5.74) is 1.15. The molecule has 0 saturated heterocycles. The minimum absolute atomic E-state index is 0.752. The van der Waals surface area contributed by atoms with Crippen molar-refractivity contribution >= 4 is 56.3 Å². The van der Waals surface area contributed by atoms with Crippen LogP contribution in [-0.2, 0) is 5.33 Å². The largest absolute Gasteiger partial charge is 0.297 e. The summed E-state index contributed by atoms with van der Waals surface area (Å²) < 4.78 is 1.11. The SMILES string of the molecule is O=Cc1cc2c(S)c(CBr)ccc2s1. The highest BCUT2D eigenvalue weighted by Gasteiger charge is 2.06. The summed E-state index contributed by atoms with van der Waals surface area (Å²) >= 11 is 9.36. The molecule has 2 aromatic rings. The summed E-state index contributed by atoms with van der Waals surface area (Å²) in [5.74, 6) is 0. The van der Waals surface area contributed by atoms with Gasteiger partial charge in [-0.05, 0) is 17.7 Å². The molecule has 0 N–H and O–H groups in total. The number of carbonyl (C=O) groups is 1. The molecule has 0 fully saturated rings. The molecule has 14 heavy (non-hydrogen) atoms. The van der Waals surface area contributed by atoms with E-state index in [0.717, 1.165) is 37.0 Å². The molecule has 0 atom stereocenters. The number of halogens is 1. The molecule has 0 saturated carbocycles. The van der Waals surface area contributed by atoms with E-state index in [9.17, 15) is 4.79 Å². The average molecular weight is 287 g/mol. The minimum Gasteiger partial charge on any atom is -0.297 e. The maximum Gasteiger partial charge on any atom is 0.160 e. The van der Waals surface area contributed by atoms with Gasteiger partial charge >= 0.3 is 0 Å². The second kappa shape index (κ2) is 4.04. The second-order valence-corrected chi connectivity index (χ2v) is 5.01. The van der Waals surface area contributed by atoms with Crippen molar-refractivity contribution in [2.45, 2.75) is 10.2 Å². The van der Waals surface area contributed by atoms with Crippen molar-refractivity contribution in [2.75, 3.05) is 0 Å². The van der Waals surface area contributed by atoms with Crippen LogP contribution in [0, 0.1) is 0 Å². The van der Waals surface area contributed by atoms with Gasteiger partial charge in [-0.3, -0.25) is 4.79 Å². The molecule has 0 unspecified atom stereocenters. The maximum atomic E-state index is 10.6. The third kappa shape index (κ3) is 1.62. The van der Waals surface area contributed by atoms with Gasteiger partial charge in [-0.1, -0.05) is 22.0 Å². The van der Waals surface area contributed by atoms with Crippen LogP contribution >= 0.6 is 39.9 Å². The first-order valence-corrected chi connectivity index (χ1v) is 6.40. The van der Waals surface area contributed by atoms with Gasteiger partial charge < -0.3 is 0 Å². The number of carbonyl (C=O) groups excluding carboxylic acids is 1. The number of hydrogen-bond donors (Lipinski definition) is 1. The van der Waals surface area contributed by atoms with Crippen LogP contribution < -0.4 is 0 Å². The van der Waals surface area contributed by atoms with E-state index in [0.29, 0.717) is 0 Å². The van der Waals surface area contributed by atoms with E-state index < -0.39 is 0 Å². The lowest BCUT2D eigenvalue weighted by Crippen LogP contribution is -1.79. The summed E-state index contributed by atoms with van der Waals surface area (Å²) in [6, 6.07) is 5.95. The molecular weight excluding hydrogens is 280 g/mol. The topological polar surface area (TPSA) is 17.1 Å². The monoisotopic (exact) mass is 286 g/mol. The first kappa shape index (κ1) is 10.2. The smallest absolute Gasteiger partial charge is 0.160 e. The number of thiophene rings is 1. The Labute approximate surface area is 99.7 Å². The standard InChI is InChI=1S/C10H7BrOS2/c11-4-6-1-2-9-8(10(6)13)3-7(5-12)14-9/h1-3,5,13H,4H2. The molecule has 1 nitrogen and oxygen atoms in total. The van der Waals surface area contributed by atoms with E-state index in [1.54, 1.807) is 0 Å². The van der Waals surface area contributed by atoms with Crippen molar-refractivity contribution < 1.29 is 4.79 Å². The van der Waals surface area contributed by atoms with E-state index >= 15 is 0 Å². The van der Waals surface area contributed by atoms with Crippen molar-refractivity contribution in [3.63, 3.8) is 0 Å². The Kier molecular flexibility index (Phi) is 2.95. The molecule has 0 bridgehead atoms. The molecule has 0 radical (unpaired) electrons. The van der Waals surface area contributed by atoms with E-state index in [1.807, 2.05) is 18.2 Å². The summed E-state index contributed by atoms with van der Waals surface area (Å²) in [5, 5.41) is 1.85. The summed E-state index contributed by atoms with van der Waals surface area (Å²) in [6.07, 6.45) is 0.881. The Hall–Kier alpha value is -0.320. The molecule has 2 rings (SSSR count). The van der Waals surface area contributed by atoms with Gasteiger partial charge in [0.15, 0.2) is 6.29 Å². The summed E-state index contributed by atoms with van der Waals surface area (Å²) in [6.45, 7) is 0. The fraction of sp³-hybridized carbons (Fsp3) is 0.100. The molecule has 1 aromatic carbocycles. The Morgan fingerprint density at radius 3 is 2.93 bits per heavy atom. The average Bonchev–Trinajstić information content (AvgIpc) is 2.62. The molecule has 4 heteroatoms. The fourth-order valence-corrected chi connectivity index (χ4v) is 3.31. The van der Waals surface area contributed by atoms with E-state index in [4.69, 9.17) is 0 Å². The highest BCUT2D eigenvalue weighted by Crippen LogP contribution is 2.32. The molecular formula is C10H7BrOS2. The summed E-state index contributed by atoms with van der Waals surface area (Å²) in [7, 11) is 0.